The van der Waals surface area contributed by atoms with Crippen molar-refractivity contribution in [2.45, 2.75) is 120 Å². The lowest BCUT2D eigenvalue weighted by atomic mass is 9.40. The Hall–Kier alpha value is -3.09. The number of aliphatic hydroxyl groups excluding tert-OH is 5. The molecule has 0 bridgehead atoms. The number of aromatic nitrogens is 4. The van der Waals surface area contributed by atoms with Crippen LogP contribution in [0, 0.1) is 16.7 Å². The highest BCUT2D eigenvalue weighted by molar-refractivity contribution is 5.92. The number of hydrogen-bond donors (Lipinski definition) is 7. The number of anilines is 1. The topological polar surface area (TPSA) is 253 Å². The van der Waals surface area contributed by atoms with E-state index in [-0.39, 0.29) is 12.2 Å². The molecule has 16 nitrogen and oxygen atoms in total. The highest BCUT2D eigenvalue weighted by atomic mass is 16.6. The van der Waals surface area contributed by atoms with Crippen LogP contribution in [0.5, 0.6) is 0 Å². The molecule has 266 valence electrons. The maximum atomic E-state index is 13.6. The molecule has 4 fully saturated rings. The van der Waals surface area contributed by atoms with E-state index in [1.807, 2.05) is 13.8 Å². The van der Waals surface area contributed by atoms with Crippen LogP contribution < -0.4 is 5.73 Å². The molecule has 12 atom stereocenters. The van der Waals surface area contributed by atoms with Crippen molar-refractivity contribution in [1.29, 1.82) is 0 Å². The van der Waals surface area contributed by atoms with E-state index in [1.54, 1.807) is 13.8 Å². The summed E-state index contributed by atoms with van der Waals surface area (Å²) in [5.41, 5.74) is -0.560. The Kier molecular flexibility index (Phi) is 9.09. The van der Waals surface area contributed by atoms with Crippen LogP contribution >= 0.6 is 0 Å². The third-order valence-corrected chi connectivity index (χ3v) is 11.2. The normalized spacial score (nSPS) is 43.5. The Morgan fingerprint density at radius 2 is 1.79 bits per heavy atom. The Morgan fingerprint density at radius 1 is 1.12 bits per heavy atom. The summed E-state index contributed by atoms with van der Waals surface area (Å²) < 4.78 is 18.6. The fourth-order valence-corrected chi connectivity index (χ4v) is 8.82. The lowest BCUT2D eigenvalue weighted by Gasteiger charge is -2.71. The highest BCUT2D eigenvalue weighted by Crippen LogP contribution is 2.67. The average Bonchev–Trinajstić information content (AvgIpc) is 3.57. The molecule has 0 spiro atoms. The predicted molar refractivity (Wildman–Crippen MR) is 168 cm³/mol. The number of ketones is 1. The first-order valence-corrected chi connectivity index (χ1v) is 15.9. The van der Waals surface area contributed by atoms with Crippen molar-refractivity contribution in [3.05, 3.63) is 25.3 Å². The van der Waals surface area contributed by atoms with E-state index in [1.165, 1.54) is 37.1 Å². The molecule has 48 heavy (non-hydrogen) atoms. The highest BCUT2D eigenvalue weighted by Gasteiger charge is 2.81. The quantitative estimate of drug-likeness (QED) is 0.160. The lowest BCUT2D eigenvalue weighted by molar-refractivity contribution is -0.370. The Labute approximate surface area is 277 Å². The van der Waals surface area contributed by atoms with Gasteiger partial charge in [0.15, 0.2) is 35.2 Å². The number of aliphatic hydroxyl groups is 6. The molecule has 2 saturated heterocycles. The molecular weight excluding hydrogens is 630 g/mol. The predicted octanol–water partition coefficient (Wildman–Crippen LogP) is -0.460. The van der Waals surface area contributed by atoms with Crippen LogP contribution in [-0.4, -0.2) is 122 Å². The zero-order valence-electron chi connectivity index (χ0n) is 28.0. The second kappa shape index (κ2) is 12.1. The fourth-order valence-electron chi connectivity index (χ4n) is 8.82. The minimum absolute atomic E-state index is 0.138. The summed E-state index contributed by atoms with van der Waals surface area (Å²) in [5.74, 6) is -1.66. The molecule has 2 aliphatic carbocycles. The molecule has 16 heteroatoms. The molecule has 0 radical (unpaired) electrons. The van der Waals surface area contributed by atoms with Gasteiger partial charge in [0.05, 0.1) is 30.7 Å². The van der Waals surface area contributed by atoms with Crippen LogP contribution in [-0.2, 0) is 23.8 Å². The van der Waals surface area contributed by atoms with Crippen LogP contribution in [0.1, 0.15) is 67.0 Å². The summed E-state index contributed by atoms with van der Waals surface area (Å²) in [6, 6.07) is 0. The average molecular weight is 678 g/mol. The maximum absolute atomic E-state index is 13.6. The Balaban J connectivity index is 0.000000204. The molecule has 2 aromatic heterocycles. The smallest absolute Gasteiger partial charge is 0.303 e. The van der Waals surface area contributed by atoms with E-state index < -0.39 is 94.8 Å². The second-order valence-corrected chi connectivity index (χ2v) is 14.7. The van der Waals surface area contributed by atoms with Gasteiger partial charge in [-0.2, -0.15) is 0 Å². The van der Waals surface area contributed by atoms with Crippen molar-refractivity contribution in [3.63, 3.8) is 0 Å². The molecule has 4 heterocycles. The van der Waals surface area contributed by atoms with Crippen LogP contribution in [0.15, 0.2) is 25.3 Å². The van der Waals surface area contributed by atoms with Gasteiger partial charge in [-0.25, -0.2) is 15.0 Å². The van der Waals surface area contributed by atoms with Gasteiger partial charge in [0.1, 0.15) is 35.8 Å². The van der Waals surface area contributed by atoms with E-state index >= 15 is 0 Å². The number of nitrogens with two attached hydrogens (primary N) is 1. The van der Waals surface area contributed by atoms with Gasteiger partial charge < -0.3 is 50.6 Å². The number of Topliss-reactive ketones (excluding diaryl/α,β-unsaturated/α-hetero) is 1. The third-order valence-electron chi connectivity index (χ3n) is 11.2. The monoisotopic (exact) mass is 677 g/mol. The molecule has 0 amide bonds. The number of hydrogen-bond acceptors (Lipinski definition) is 15. The summed E-state index contributed by atoms with van der Waals surface area (Å²) in [7, 11) is 0. The van der Waals surface area contributed by atoms with Gasteiger partial charge in [-0.1, -0.05) is 26.8 Å². The summed E-state index contributed by atoms with van der Waals surface area (Å²) in [4.78, 5) is 37.4. The molecule has 0 unspecified atom stereocenters. The number of nitrogens with zero attached hydrogens (tertiary/aromatic N) is 4. The van der Waals surface area contributed by atoms with Gasteiger partial charge >= 0.3 is 5.97 Å². The first-order chi connectivity index (χ1) is 22.2. The summed E-state index contributed by atoms with van der Waals surface area (Å²) in [5, 5.41) is 63.4. The molecule has 2 aromatic rings. The molecule has 4 aliphatic rings. The van der Waals surface area contributed by atoms with Crippen LogP contribution in [0.2, 0.25) is 0 Å². The van der Waals surface area contributed by atoms with Crippen LogP contribution in [0.4, 0.5) is 5.82 Å². The molecular formula is C32H47N5O11. The summed E-state index contributed by atoms with van der Waals surface area (Å²) in [6.45, 7) is 13.2. The molecule has 8 N–H and O–H groups in total. The van der Waals surface area contributed by atoms with Crippen molar-refractivity contribution in [2.75, 3.05) is 12.3 Å². The van der Waals surface area contributed by atoms with Crippen LogP contribution in [0.3, 0.4) is 0 Å². The van der Waals surface area contributed by atoms with Crippen molar-refractivity contribution >= 4 is 28.7 Å². The number of esters is 1. The van der Waals surface area contributed by atoms with E-state index in [9.17, 15) is 35.1 Å². The van der Waals surface area contributed by atoms with Crippen molar-refractivity contribution in [2.24, 2.45) is 16.7 Å². The Morgan fingerprint density at radius 3 is 2.38 bits per heavy atom. The number of carbonyl (C=O) groups excluding carboxylic acids is 2. The largest absolute Gasteiger partial charge is 0.457 e. The number of fused-ring (bicyclic) bond motifs is 4. The van der Waals surface area contributed by atoms with Gasteiger partial charge in [0.2, 0.25) is 0 Å². The minimum Gasteiger partial charge on any atom is -0.457 e. The Bertz CT molecular complexity index is 1590. The van der Waals surface area contributed by atoms with Crippen LogP contribution in [0.25, 0.3) is 11.2 Å². The first kappa shape index (κ1) is 36.2. The van der Waals surface area contributed by atoms with Crippen molar-refractivity contribution in [3.8, 4) is 0 Å². The summed E-state index contributed by atoms with van der Waals surface area (Å²) in [6.07, 6.45) is -2.72. The minimum atomic E-state index is -2.18. The molecule has 2 saturated carbocycles. The third kappa shape index (κ3) is 5.07. The number of carbonyl (C=O) groups is 2. The van der Waals surface area contributed by atoms with Gasteiger partial charge in [0, 0.05) is 24.7 Å². The number of rotatable bonds is 4. The molecule has 2 aliphatic heterocycles. The number of nitrogen functional groups attached to an aromatic ring is 1. The molecule has 6 rings (SSSR count). The van der Waals surface area contributed by atoms with E-state index in [0.717, 1.165) is 0 Å². The van der Waals surface area contributed by atoms with Gasteiger partial charge in [-0.05, 0) is 32.1 Å². The SMILES string of the molecule is C=C[C@@]1(C)CC(=O)[C@]2(O)[C@@]3(C)[C@@H](O)CCC(C)(C)[C@@H]3[C@H](O)[C@H](OC(C)=O)[C@@]2(C)O1.Nc1ncnc2c1ncn2[C@@H]1O[C@H](CO)[C@@H](O)[C@H]1O. The fraction of sp³-hybridized carbons (Fsp3) is 0.719. The van der Waals surface area contributed by atoms with Gasteiger partial charge in [0.25, 0.3) is 0 Å². The van der Waals surface area contributed by atoms with Gasteiger partial charge in [-0.15, -0.1) is 6.58 Å². The van der Waals surface area contributed by atoms with E-state index in [2.05, 4.69) is 21.5 Å². The first-order valence-electron chi connectivity index (χ1n) is 15.9. The second-order valence-electron chi connectivity index (χ2n) is 14.7. The standard InChI is InChI=1S/C22H34O7.C10H13N5O4/c1-8-19(5)11-14(25)22(27)20(6)13(24)9-10-18(3,4)16(20)15(26)17(28-12(2)23)21(22,7)29-19;11-8-5-9(13-2-12-8)15(3-14-5)10-7(18)6(17)4(1-16)19-10/h8,13,15-17,24,26-27H,1,9-11H2,2-7H3;2-4,6-7,10,16-18H,1H2,(H2,11,12,13)/t13-,15-,16-,17-,19-,20-,21+,22-;4-,6-,7-,10-/m01/s1. The summed E-state index contributed by atoms with van der Waals surface area (Å²) >= 11 is 0. The van der Waals surface area contributed by atoms with E-state index in [4.69, 9.17) is 25.1 Å². The van der Waals surface area contributed by atoms with Crippen molar-refractivity contribution < 1.29 is 54.4 Å². The number of imidazole rings is 1. The lowest BCUT2D eigenvalue weighted by Crippen LogP contribution is -2.86. The number of ether oxygens (including phenoxy) is 3. The molecule has 0 aromatic carbocycles. The zero-order valence-corrected chi connectivity index (χ0v) is 28.0. The van der Waals surface area contributed by atoms with E-state index in [0.29, 0.717) is 24.0 Å². The zero-order chi connectivity index (χ0) is 35.8. The van der Waals surface area contributed by atoms with Crippen molar-refractivity contribution in [1.82, 2.24) is 19.5 Å². The maximum Gasteiger partial charge on any atom is 0.303 e. The van der Waals surface area contributed by atoms with Gasteiger partial charge in [-0.3, -0.25) is 14.2 Å².